The Bertz CT molecular complexity index is 656. The topological polar surface area (TPSA) is 73.9 Å². The number of benzene rings is 1. The summed E-state index contributed by atoms with van der Waals surface area (Å²) in [5, 5.41) is 2.89. The molecule has 1 atom stereocenters. The standard InChI is InChI=1S/C22H35NO5/c1-8-12-27-22(7,14-15(3)4)21(25)23-17-10-11-19(28-16(5)6)18(13-17)20(24)26-9-2/h10-11,13,15-16H,8-9,12,14H2,1-7H3,(H,23,25). The minimum absolute atomic E-state index is 0.0922. The molecule has 0 fully saturated rings. The molecule has 0 aliphatic carbocycles. The Kier molecular flexibility index (Phi) is 9.46. The average molecular weight is 394 g/mol. The van der Waals surface area contributed by atoms with E-state index in [0.717, 1.165) is 6.42 Å². The summed E-state index contributed by atoms with van der Waals surface area (Å²) < 4.78 is 16.7. The molecule has 1 aromatic rings. The highest BCUT2D eigenvalue weighted by Crippen LogP contribution is 2.28. The summed E-state index contributed by atoms with van der Waals surface area (Å²) in [6, 6.07) is 4.98. The molecule has 1 N–H and O–H groups in total. The van der Waals surface area contributed by atoms with Gasteiger partial charge in [-0.2, -0.15) is 0 Å². The maximum Gasteiger partial charge on any atom is 0.341 e. The van der Waals surface area contributed by atoms with Crippen LogP contribution in [0.25, 0.3) is 0 Å². The van der Waals surface area contributed by atoms with Gasteiger partial charge >= 0.3 is 5.97 Å². The molecule has 0 aromatic heterocycles. The molecule has 0 saturated carbocycles. The molecule has 158 valence electrons. The second-order valence-corrected chi connectivity index (χ2v) is 7.73. The van der Waals surface area contributed by atoms with Crippen molar-refractivity contribution in [2.45, 2.75) is 73.0 Å². The van der Waals surface area contributed by atoms with Crippen molar-refractivity contribution in [3.8, 4) is 5.75 Å². The molecule has 0 aliphatic heterocycles. The molecule has 1 unspecified atom stereocenters. The van der Waals surface area contributed by atoms with Gasteiger partial charge in [0.15, 0.2) is 0 Å². The van der Waals surface area contributed by atoms with Crippen LogP contribution in [0.3, 0.4) is 0 Å². The fourth-order valence-electron chi connectivity index (χ4n) is 2.92. The number of hydrogen-bond acceptors (Lipinski definition) is 5. The molecular formula is C22H35NO5. The summed E-state index contributed by atoms with van der Waals surface area (Å²) in [5.41, 5.74) is -0.158. The number of carbonyl (C=O) groups is 2. The highest BCUT2D eigenvalue weighted by Gasteiger charge is 2.35. The summed E-state index contributed by atoms with van der Waals surface area (Å²) in [7, 11) is 0. The second kappa shape index (κ2) is 11.1. The summed E-state index contributed by atoms with van der Waals surface area (Å²) in [4.78, 5) is 25.3. The Balaban J connectivity index is 3.12. The van der Waals surface area contributed by atoms with E-state index in [-0.39, 0.29) is 24.2 Å². The van der Waals surface area contributed by atoms with Gasteiger partial charge in [0.2, 0.25) is 0 Å². The lowest BCUT2D eigenvalue weighted by Crippen LogP contribution is -2.44. The first-order chi connectivity index (χ1) is 13.1. The van der Waals surface area contributed by atoms with Gasteiger partial charge in [-0.3, -0.25) is 4.79 Å². The maximum atomic E-state index is 13.0. The number of nitrogens with one attached hydrogen (secondary N) is 1. The Morgan fingerprint density at radius 1 is 1.14 bits per heavy atom. The summed E-state index contributed by atoms with van der Waals surface area (Å²) in [6.07, 6.45) is 1.33. The van der Waals surface area contributed by atoms with Crippen LogP contribution < -0.4 is 10.1 Å². The first kappa shape index (κ1) is 24.0. The monoisotopic (exact) mass is 393 g/mol. The van der Waals surface area contributed by atoms with E-state index < -0.39 is 11.6 Å². The molecular weight excluding hydrogens is 358 g/mol. The molecule has 0 aliphatic rings. The van der Waals surface area contributed by atoms with Crippen molar-refractivity contribution in [1.82, 2.24) is 0 Å². The van der Waals surface area contributed by atoms with E-state index in [4.69, 9.17) is 14.2 Å². The van der Waals surface area contributed by atoms with Gasteiger partial charge in [0, 0.05) is 12.3 Å². The first-order valence-corrected chi connectivity index (χ1v) is 10.1. The maximum absolute atomic E-state index is 13.0. The van der Waals surface area contributed by atoms with Crippen molar-refractivity contribution in [3.63, 3.8) is 0 Å². The Morgan fingerprint density at radius 3 is 2.36 bits per heavy atom. The number of esters is 1. The fourth-order valence-corrected chi connectivity index (χ4v) is 2.92. The molecule has 0 radical (unpaired) electrons. The molecule has 1 amide bonds. The largest absolute Gasteiger partial charge is 0.490 e. The van der Waals surface area contributed by atoms with Gasteiger partial charge in [0.25, 0.3) is 5.91 Å². The van der Waals surface area contributed by atoms with Crippen molar-refractivity contribution in [2.75, 3.05) is 18.5 Å². The van der Waals surface area contributed by atoms with Gasteiger partial charge < -0.3 is 19.5 Å². The minimum Gasteiger partial charge on any atom is -0.490 e. The van der Waals surface area contributed by atoms with Gasteiger partial charge in [-0.15, -0.1) is 0 Å². The quantitative estimate of drug-likeness (QED) is 0.546. The molecule has 6 heteroatoms. The van der Waals surface area contributed by atoms with Crippen molar-refractivity contribution in [1.29, 1.82) is 0 Å². The number of ether oxygens (including phenoxy) is 3. The van der Waals surface area contributed by atoms with Crippen LogP contribution in [0, 0.1) is 5.92 Å². The number of hydrogen-bond donors (Lipinski definition) is 1. The Labute approximate surface area is 168 Å². The van der Waals surface area contributed by atoms with Gasteiger partial charge in [-0.25, -0.2) is 4.79 Å². The predicted molar refractivity (Wildman–Crippen MR) is 111 cm³/mol. The van der Waals surface area contributed by atoms with E-state index in [9.17, 15) is 9.59 Å². The van der Waals surface area contributed by atoms with Crippen LogP contribution >= 0.6 is 0 Å². The van der Waals surface area contributed by atoms with Crippen molar-refractivity contribution in [2.24, 2.45) is 5.92 Å². The van der Waals surface area contributed by atoms with Gasteiger partial charge in [0.1, 0.15) is 16.9 Å². The number of anilines is 1. The van der Waals surface area contributed by atoms with Crippen molar-refractivity contribution < 1.29 is 23.8 Å². The molecule has 1 aromatic carbocycles. The summed E-state index contributed by atoms with van der Waals surface area (Å²) in [6.45, 7) is 14.2. The first-order valence-electron chi connectivity index (χ1n) is 10.1. The van der Waals surface area contributed by atoms with Crippen LogP contribution in [0.2, 0.25) is 0 Å². The lowest BCUT2D eigenvalue weighted by atomic mass is 9.93. The Morgan fingerprint density at radius 2 is 1.82 bits per heavy atom. The lowest BCUT2D eigenvalue weighted by molar-refractivity contribution is -0.141. The van der Waals surface area contributed by atoms with E-state index >= 15 is 0 Å². The van der Waals surface area contributed by atoms with E-state index in [1.165, 1.54) is 0 Å². The minimum atomic E-state index is -0.943. The van der Waals surface area contributed by atoms with E-state index in [1.54, 1.807) is 32.0 Å². The molecule has 0 bridgehead atoms. The van der Waals surface area contributed by atoms with Crippen molar-refractivity contribution >= 4 is 17.6 Å². The third-order valence-corrected chi connectivity index (χ3v) is 4.00. The summed E-state index contributed by atoms with van der Waals surface area (Å²) in [5.74, 6) is 0.00607. The van der Waals surface area contributed by atoms with Crippen LogP contribution in [-0.4, -0.2) is 36.8 Å². The van der Waals surface area contributed by atoms with Gasteiger partial charge in [-0.05, 0) is 64.7 Å². The normalized spacial score (nSPS) is 13.3. The number of carbonyl (C=O) groups excluding carboxylic acids is 2. The second-order valence-electron chi connectivity index (χ2n) is 7.73. The zero-order chi connectivity index (χ0) is 21.3. The van der Waals surface area contributed by atoms with Crippen molar-refractivity contribution in [3.05, 3.63) is 23.8 Å². The predicted octanol–water partition coefficient (Wildman–Crippen LogP) is 4.82. The number of rotatable bonds is 11. The van der Waals surface area contributed by atoms with Gasteiger partial charge in [-0.1, -0.05) is 20.8 Å². The molecule has 1 rings (SSSR count). The molecule has 0 spiro atoms. The molecule has 6 nitrogen and oxygen atoms in total. The zero-order valence-electron chi connectivity index (χ0n) is 18.3. The third-order valence-electron chi connectivity index (χ3n) is 4.00. The Hall–Kier alpha value is -2.08. The highest BCUT2D eigenvalue weighted by molar-refractivity contribution is 5.99. The van der Waals surface area contributed by atoms with Crippen LogP contribution in [0.5, 0.6) is 5.75 Å². The van der Waals surface area contributed by atoms with E-state index in [2.05, 4.69) is 19.2 Å². The fraction of sp³-hybridized carbons (Fsp3) is 0.636. The zero-order valence-corrected chi connectivity index (χ0v) is 18.3. The van der Waals surface area contributed by atoms with Gasteiger partial charge in [0.05, 0.1) is 12.7 Å². The SMILES string of the molecule is CCCOC(C)(CC(C)C)C(=O)Nc1ccc(OC(C)C)c(C(=O)OCC)c1. The lowest BCUT2D eigenvalue weighted by Gasteiger charge is -2.30. The smallest absolute Gasteiger partial charge is 0.341 e. The summed E-state index contributed by atoms with van der Waals surface area (Å²) >= 11 is 0. The third kappa shape index (κ3) is 7.15. The molecule has 28 heavy (non-hydrogen) atoms. The van der Waals surface area contributed by atoms with Crippen LogP contribution in [0.4, 0.5) is 5.69 Å². The average Bonchev–Trinajstić information content (AvgIpc) is 2.60. The highest BCUT2D eigenvalue weighted by atomic mass is 16.5. The van der Waals surface area contributed by atoms with Crippen LogP contribution in [0.15, 0.2) is 18.2 Å². The molecule has 0 saturated heterocycles. The molecule has 0 heterocycles. The van der Waals surface area contributed by atoms with Crippen LogP contribution in [-0.2, 0) is 14.3 Å². The number of amides is 1. The van der Waals surface area contributed by atoms with E-state index in [0.29, 0.717) is 30.4 Å². The van der Waals surface area contributed by atoms with Crippen LogP contribution in [0.1, 0.15) is 71.7 Å². The van der Waals surface area contributed by atoms with E-state index in [1.807, 2.05) is 20.8 Å².